The van der Waals surface area contributed by atoms with E-state index in [2.05, 4.69) is 0 Å². The summed E-state index contributed by atoms with van der Waals surface area (Å²) in [7, 11) is 0. The van der Waals surface area contributed by atoms with Crippen LogP contribution in [0.25, 0.3) is 0 Å². The molecule has 2 rings (SSSR count). The van der Waals surface area contributed by atoms with Gasteiger partial charge in [0.25, 0.3) is 0 Å². The predicted octanol–water partition coefficient (Wildman–Crippen LogP) is 1.79. The second kappa shape index (κ2) is 4.97. The largest absolute Gasteiger partial charge is 0.397 e. The molecule has 96 valence electrons. The van der Waals surface area contributed by atoms with Crippen LogP contribution in [0.1, 0.15) is 13.3 Å². The van der Waals surface area contributed by atoms with E-state index >= 15 is 0 Å². The summed E-state index contributed by atoms with van der Waals surface area (Å²) in [5.74, 6) is -0.569. The van der Waals surface area contributed by atoms with Crippen molar-refractivity contribution in [2.75, 3.05) is 17.2 Å². The van der Waals surface area contributed by atoms with E-state index in [0.29, 0.717) is 17.9 Å². The fraction of sp³-hybridized carbons (Fsp3) is 0.333. The fourth-order valence-corrected chi connectivity index (χ4v) is 2.89. The van der Waals surface area contributed by atoms with Crippen LogP contribution < -0.4 is 10.6 Å². The number of anilines is 2. The van der Waals surface area contributed by atoms with Crippen LogP contribution in [0.4, 0.5) is 15.8 Å². The second-order valence-electron chi connectivity index (χ2n) is 4.14. The minimum atomic E-state index is -0.435. The van der Waals surface area contributed by atoms with Gasteiger partial charge in [0.05, 0.1) is 11.4 Å². The van der Waals surface area contributed by atoms with E-state index in [9.17, 15) is 14.0 Å². The normalized spacial score (nSPS) is 19.3. The van der Waals surface area contributed by atoms with Gasteiger partial charge in [-0.25, -0.2) is 4.39 Å². The maximum atomic E-state index is 13.2. The molecule has 0 bridgehead atoms. The van der Waals surface area contributed by atoms with Crippen molar-refractivity contribution in [3.63, 3.8) is 0 Å². The summed E-state index contributed by atoms with van der Waals surface area (Å²) >= 11 is 1.14. The van der Waals surface area contributed by atoms with Crippen LogP contribution in [0.15, 0.2) is 18.2 Å². The van der Waals surface area contributed by atoms with Gasteiger partial charge in [0, 0.05) is 25.1 Å². The number of carbonyl (C=O) groups excluding carboxylic acids is 2. The van der Waals surface area contributed by atoms with Crippen molar-refractivity contribution in [3.05, 3.63) is 24.0 Å². The van der Waals surface area contributed by atoms with Gasteiger partial charge >= 0.3 is 0 Å². The zero-order valence-corrected chi connectivity index (χ0v) is 10.7. The smallest absolute Gasteiger partial charge is 0.228 e. The van der Waals surface area contributed by atoms with Crippen molar-refractivity contribution in [2.45, 2.75) is 18.6 Å². The van der Waals surface area contributed by atoms with Crippen molar-refractivity contribution < 1.29 is 14.0 Å². The highest BCUT2D eigenvalue weighted by Crippen LogP contribution is 2.32. The molecule has 1 aliphatic rings. The number of nitrogens with zero attached hydrogens (tertiary/aromatic N) is 1. The van der Waals surface area contributed by atoms with Crippen LogP contribution in [-0.4, -0.2) is 22.8 Å². The molecule has 0 saturated carbocycles. The van der Waals surface area contributed by atoms with Crippen LogP contribution in [0.2, 0.25) is 0 Å². The van der Waals surface area contributed by atoms with Gasteiger partial charge in [0.1, 0.15) is 5.82 Å². The number of carbonyl (C=O) groups is 2. The molecule has 1 unspecified atom stereocenters. The molecule has 0 spiro atoms. The highest BCUT2D eigenvalue weighted by atomic mass is 32.2. The molecule has 0 aromatic heterocycles. The van der Waals surface area contributed by atoms with E-state index in [4.69, 9.17) is 5.73 Å². The predicted molar refractivity (Wildman–Crippen MR) is 69.8 cm³/mol. The minimum absolute atomic E-state index is 0.0261. The van der Waals surface area contributed by atoms with Gasteiger partial charge in [-0.15, -0.1) is 0 Å². The van der Waals surface area contributed by atoms with Gasteiger partial charge in [-0.2, -0.15) is 0 Å². The molecule has 2 N–H and O–H groups in total. The number of thioether (sulfide) groups is 1. The molecule has 4 nitrogen and oxygen atoms in total. The number of amides is 1. The summed E-state index contributed by atoms with van der Waals surface area (Å²) < 4.78 is 13.2. The number of hydrogen-bond donors (Lipinski definition) is 1. The van der Waals surface area contributed by atoms with Crippen molar-refractivity contribution in [1.29, 1.82) is 0 Å². The Labute approximate surface area is 108 Å². The first-order chi connectivity index (χ1) is 8.47. The minimum Gasteiger partial charge on any atom is -0.397 e. The Hall–Kier alpha value is -1.56. The summed E-state index contributed by atoms with van der Waals surface area (Å²) in [5, 5.41) is -0.112. The van der Waals surface area contributed by atoms with E-state index in [-0.39, 0.29) is 22.7 Å². The molecular weight excluding hydrogens is 255 g/mol. The average Bonchev–Trinajstić information content (AvgIpc) is 2.62. The highest BCUT2D eigenvalue weighted by Gasteiger charge is 2.32. The van der Waals surface area contributed by atoms with E-state index < -0.39 is 5.82 Å². The van der Waals surface area contributed by atoms with Crippen molar-refractivity contribution >= 4 is 34.2 Å². The first-order valence-electron chi connectivity index (χ1n) is 5.50. The van der Waals surface area contributed by atoms with Crippen LogP contribution in [-0.2, 0) is 9.59 Å². The van der Waals surface area contributed by atoms with E-state index in [1.165, 1.54) is 30.0 Å². The molecule has 6 heteroatoms. The molecule has 1 aliphatic heterocycles. The SMILES string of the molecule is CC(=O)SC1CC(=O)N(c2cc(F)ccc2N)C1. The first kappa shape index (κ1) is 12.9. The van der Waals surface area contributed by atoms with Gasteiger partial charge in [0.2, 0.25) is 5.91 Å². The molecule has 1 heterocycles. The summed E-state index contributed by atoms with van der Waals surface area (Å²) in [4.78, 5) is 24.3. The number of halogens is 1. The number of rotatable bonds is 2. The number of benzene rings is 1. The molecular formula is C12H13FN2O2S. The van der Waals surface area contributed by atoms with E-state index in [1.807, 2.05) is 0 Å². The molecule has 1 saturated heterocycles. The van der Waals surface area contributed by atoms with E-state index in [0.717, 1.165) is 11.8 Å². The lowest BCUT2D eigenvalue weighted by Crippen LogP contribution is -2.26. The molecule has 1 aromatic rings. The van der Waals surface area contributed by atoms with Gasteiger partial charge in [-0.05, 0) is 18.2 Å². The Kier molecular flexibility index (Phi) is 3.56. The number of nitrogen functional groups attached to an aromatic ring is 1. The third-order valence-corrected chi connectivity index (χ3v) is 3.69. The molecule has 1 atom stereocenters. The van der Waals surface area contributed by atoms with Crippen LogP contribution in [0.5, 0.6) is 0 Å². The second-order valence-corrected chi connectivity index (χ2v) is 5.62. The topological polar surface area (TPSA) is 63.4 Å². The lowest BCUT2D eigenvalue weighted by atomic mass is 10.2. The summed E-state index contributed by atoms with van der Waals surface area (Å²) in [6, 6.07) is 3.93. The average molecular weight is 268 g/mol. The number of nitrogens with two attached hydrogens (primary N) is 1. The fourth-order valence-electron chi connectivity index (χ4n) is 1.97. The lowest BCUT2D eigenvalue weighted by molar-refractivity contribution is -0.117. The molecule has 18 heavy (non-hydrogen) atoms. The lowest BCUT2D eigenvalue weighted by Gasteiger charge is -2.18. The Morgan fingerprint density at radius 2 is 2.28 bits per heavy atom. The van der Waals surface area contributed by atoms with Crippen molar-refractivity contribution in [2.24, 2.45) is 0 Å². The maximum absolute atomic E-state index is 13.2. The maximum Gasteiger partial charge on any atom is 0.228 e. The number of hydrogen-bond acceptors (Lipinski definition) is 4. The standard InChI is InChI=1S/C12H13FN2O2S/c1-7(16)18-9-5-12(17)15(6-9)11-4-8(13)2-3-10(11)14/h2-4,9H,5-6,14H2,1H3. The van der Waals surface area contributed by atoms with Crippen molar-refractivity contribution in [3.8, 4) is 0 Å². The van der Waals surface area contributed by atoms with Crippen molar-refractivity contribution in [1.82, 2.24) is 0 Å². The van der Waals surface area contributed by atoms with E-state index in [1.54, 1.807) is 0 Å². The third kappa shape index (κ3) is 2.64. The summed E-state index contributed by atoms with van der Waals surface area (Å²) in [5.41, 5.74) is 6.48. The quantitative estimate of drug-likeness (QED) is 0.831. The summed E-state index contributed by atoms with van der Waals surface area (Å²) in [6.07, 6.45) is 0.278. The zero-order valence-electron chi connectivity index (χ0n) is 9.85. The van der Waals surface area contributed by atoms with Crippen LogP contribution in [0.3, 0.4) is 0 Å². The Morgan fingerprint density at radius 3 is 2.94 bits per heavy atom. The Bertz CT molecular complexity index is 507. The molecule has 1 fully saturated rings. The third-order valence-electron chi connectivity index (χ3n) is 2.71. The first-order valence-corrected chi connectivity index (χ1v) is 6.38. The monoisotopic (exact) mass is 268 g/mol. The highest BCUT2D eigenvalue weighted by molar-refractivity contribution is 8.14. The molecule has 1 aromatic carbocycles. The summed E-state index contributed by atoms with van der Waals surface area (Å²) in [6.45, 7) is 1.85. The Morgan fingerprint density at radius 1 is 1.56 bits per heavy atom. The van der Waals surface area contributed by atoms with Gasteiger partial charge in [0.15, 0.2) is 5.12 Å². The van der Waals surface area contributed by atoms with Gasteiger partial charge < -0.3 is 10.6 Å². The molecule has 0 aliphatic carbocycles. The van der Waals surface area contributed by atoms with Gasteiger partial charge in [-0.3, -0.25) is 9.59 Å². The van der Waals surface area contributed by atoms with Crippen LogP contribution in [0, 0.1) is 5.82 Å². The van der Waals surface area contributed by atoms with Crippen LogP contribution >= 0.6 is 11.8 Å². The molecule has 1 amide bonds. The molecule has 0 radical (unpaired) electrons. The van der Waals surface area contributed by atoms with Gasteiger partial charge in [-0.1, -0.05) is 11.8 Å². The zero-order chi connectivity index (χ0) is 13.3. The Balaban J connectivity index is 2.21.